The van der Waals surface area contributed by atoms with Crippen LogP contribution in [0.5, 0.6) is 0 Å². The maximum absolute atomic E-state index is 12.7. The molecule has 0 unspecified atom stereocenters. The van der Waals surface area contributed by atoms with Crippen LogP contribution in [-0.4, -0.2) is 0 Å². The number of hydrogen-bond donors (Lipinski definition) is 0. The highest BCUT2D eigenvalue weighted by Crippen LogP contribution is 2.38. The van der Waals surface area contributed by atoms with Crippen LogP contribution in [0.4, 0.5) is 17.6 Å². The molecule has 0 saturated heterocycles. The van der Waals surface area contributed by atoms with Crippen LogP contribution in [0.2, 0.25) is 0 Å². The molecule has 0 spiro atoms. The van der Waals surface area contributed by atoms with Gasteiger partial charge in [0.2, 0.25) is 0 Å². The van der Waals surface area contributed by atoms with Crippen molar-refractivity contribution in [3.63, 3.8) is 0 Å². The van der Waals surface area contributed by atoms with Crippen molar-refractivity contribution < 1.29 is 17.6 Å². The van der Waals surface area contributed by atoms with Gasteiger partial charge < -0.3 is 0 Å². The van der Waals surface area contributed by atoms with E-state index in [4.69, 9.17) is 5.26 Å². The van der Waals surface area contributed by atoms with Crippen molar-refractivity contribution in [1.82, 2.24) is 0 Å². The fourth-order valence-electron chi connectivity index (χ4n) is 3.22. The van der Waals surface area contributed by atoms with Gasteiger partial charge in [-0.15, -0.1) is 0 Å². The second-order valence-electron chi connectivity index (χ2n) is 6.08. The van der Waals surface area contributed by atoms with E-state index in [9.17, 15) is 17.6 Å². The smallest absolute Gasteiger partial charge is 0.195 e. The lowest BCUT2D eigenvalue weighted by molar-refractivity contribution is -0.137. The third-order valence-corrected chi connectivity index (χ3v) is 4.56. The quantitative estimate of drug-likeness (QED) is 0.482. The van der Waals surface area contributed by atoms with Crippen LogP contribution in [0.15, 0.2) is 36.2 Å². The van der Waals surface area contributed by atoms with Gasteiger partial charge in [-0.3, -0.25) is 0 Å². The van der Waals surface area contributed by atoms with E-state index >= 15 is 0 Å². The van der Waals surface area contributed by atoms with Crippen LogP contribution >= 0.6 is 0 Å². The Balaban J connectivity index is 1.84. The van der Waals surface area contributed by atoms with Crippen LogP contribution in [0, 0.1) is 17.2 Å². The van der Waals surface area contributed by atoms with Gasteiger partial charge in [0, 0.05) is 0 Å². The normalized spacial score (nSPS) is 22.7. The monoisotopic (exact) mass is 325 g/mol. The number of allylic oxidation sites excluding steroid dienone is 2. The predicted molar refractivity (Wildman–Crippen MR) is 80.2 cm³/mol. The van der Waals surface area contributed by atoms with E-state index < -0.39 is 17.6 Å². The van der Waals surface area contributed by atoms with Gasteiger partial charge in [-0.2, -0.15) is 22.8 Å². The van der Waals surface area contributed by atoms with Gasteiger partial charge in [-0.1, -0.05) is 12.1 Å². The first-order valence-electron chi connectivity index (χ1n) is 7.83. The second kappa shape index (κ2) is 7.63. The second-order valence-corrected chi connectivity index (χ2v) is 6.08. The first-order chi connectivity index (χ1) is 10.9. The van der Waals surface area contributed by atoms with Gasteiger partial charge in [-0.05, 0) is 74.1 Å². The zero-order chi connectivity index (χ0) is 16.9. The van der Waals surface area contributed by atoms with E-state index in [1.807, 2.05) is 0 Å². The highest BCUT2D eigenvalue weighted by atomic mass is 19.4. The molecule has 0 atom stereocenters. The van der Waals surface area contributed by atoms with Crippen molar-refractivity contribution in [3.8, 4) is 6.07 Å². The molecule has 1 aliphatic rings. The summed E-state index contributed by atoms with van der Waals surface area (Å²) in [6.45, 7) is 0. The molecule has 1 aromatic carbocycles. The minimum atomic E-state index is -4.29. The lowest BCUT2D eigenvalue weighted by atomic mass is 9.77. The average molecular weight is 325 g/mol. The Bertz CT molecular complexity index is 573. The molecule has 23 heavy (non-hydrogen) atoms. The number of alkyl halides is 3. The Morgan fingerprint density at radius 2 is 1.74 bits per heavy atom. The molecule has 5 heteroatoms. The van der Waals surface area contributed by atoms with Gasteiger partial charge >= 0.3 is 6.18 Å². The van der Waals surface area contributed by atoms with Crippen LogP contribution in [-0.2, 0) is 6.18 Å². The van der Waals surface area contributed by atoms with Gasteiger partial charge in [-0.25, -0.2) is 0 Å². The summed E-state index contributed by atoms with van der Waals surface area (Å²) in [6.07, 6.45) is 2.33. The summed E-state index contributed by atoms with van der Waals surface area (Å²) in [4.78, 5) is 0. The Hall–Kier alpha value is -1.83. The first kappa shape index (κ1) is 17.5. The highest BCUT2D eigenvalue weighted by molar-refractivity contribution is 5.27. The topological polar surface area (TPSA) is 23.8 Å². The van der Waals surface area contributed by atoms with Gasteiger partial charge in [0.25, 0.3) is 0 Å². The van der Waals surface area contributed by atoms with Crippen molar-refractivity contribution in [2.24, 2.45) is 5.92 Å². The summed E-state index contributed by atoms with van der Waals surface area (Å²) >= 11 is 0. The van der Waals surface area contributed by atoms with E-state index in [1.54, 1.807) is 12.1 Å². The standard InChI is InChI=1S/C18H19F4N/c19-17(12-23)3-1-2-13-4-6-14(7-5-13)15-8-10-16(11-9-15)18(20,21)22/h3,8-11,13-14H,1-2,4-7H2/t13-,14-. The van der Waals surface area contributed by atoms with Gasteiger partial charge in [0.15, 0.2) is 5.83 Å². The number of rotatable bonds is 4. The molecule has 1 saturated carbocycles. The van der Waals surface area contributed by atoms with E-state index in [2.05, 4.69) is 0 Å². The maximum atomic E-state index is 12.7. The zero-order valence-electron chi connectivity index (χ0n) is 12.7. The van der Waals surface area contributed by atoms with Gasteiger partial charge in [0.1, 0.15) is 6.07 Å². The van der Waals surface area contributed by atoms with E-state index in [0.717, 1.165) is 49.8 Å². The highest BCUT2D eigenvalue weighted by Gasteiger charge is 2.30. The zero-order valence-corrected chi connectivity index (χ0v) is 12.7. The number of nitriles is 1. The maximum Gasteiger partial charge on any atom is 0.416 e. The van der Waals surface area contributed by atoms with E-state index in [-0.39, 0.29) is 0 Å². The molecule has 0 heterocycles. The summed E-state index contributed by atoms with van der Waals surface area (Å²) in [5.74, 6) is 0.0757. The number of nitrogens with zero attached hydrogens (tertiary/aromatic N) is 1. The van der Waals surface area contributed by atoms with Crippen LogP contribution in [0.25, 0.3) is 0 Å². The van der Waals surface area contributed by atoms with Gasteiger partial charge in [0.05, 0.1) is 5.56 Å². The molecule has 1 nitrogen and oxygen atoms in total. The molecule has 124 valence electrons. The minimum absolute atomic E-state index is 0.305. The lowest BCUT2D eigenvalue weighted by Crippen LogP contribution is -2.13. The minimum Gasteiger partial charge on any atom is -0.195 e. The lowest BCUT2D eigenvalue weighted by Gasteiger charge is -2.28. The fraction of sp³-hybridized carbons (Fsp3) is 0.500. The molecule has 0 amide bonds. The molecule has 1 fully saturated rings. The molecule has 0 aromatic heterocycles. The predicted octanol–water partition coefficient (Wildman–Crippen LogP) is 6.14. The molecule has 0 aliphatic heterocycles. The molecule has 1 aromatic rings. The number of hydrogen-bond acceptors (Lipinski definition) is 1. The number of halogens is 4. The van der Waals surface area contributed by atoms with Crippen molar-refractivity contribution in [2.75, 3.05) is 0 Å². The van der Waals surface area contributed by atoms with E-state index in [0.29, 0.717) is 18.3 Å². The van der Waals surface area contributed by atoms with Crippen LogP contribution in [0.3, 0.4) is 0 Å². The van der Waals surface area contributed by atoms with E-state index in [1.165, 1.54) is 12.1 Å². The molecule has 0 bridgehead atoms. The van der Waals surface area contributed by atoms with Crippen molar-refractivity contribution >= 4 is 0 Å². The molecule has 0 N–H and O–H groups in total. The van der Waals surface area contributed by atoms with Crippen molar-refractivity contribution in [2.45, 2.75) is 50.6 Å². The molecular formula is C18H19F4N. The van der Waals surface area contributed by atoms with Crippen LogP contribution in [0.1, 0.15) is 55.6 Å². The van der Waals surface area contributed by atoms with Crippen molar-refractivity contribution in [1.29, 1.82) is 5.26 Å². The molecule has 1 aliphatic carbocycles. The van der Waals surface area contributed by atoms with Crippen molar-refractivity contribution in [3.05, 3.63) is 47.3 Å². The average Bonchev–Trinajstić information content (AvgIpc) is 2.54. The Kier molecular flexibility index (Phi) is 5.81. The SMILES string of the molecule is N#CC(F)=CCC[C@H]1CC[C@H](c2ccc(C(F)(F)F)cc2)CC1. The Morgan fingerprint density at radius 3 is 2.26 bits per heavy atom. The summed E-state index contributed by atoms with van der Waals surface area (Å²) in [5.41, 5.74) is 0.355. The number of benzene rings is 1. The first-order valence-corrected chi connectivity index (χ1v) is 7.83. The summed E-state index contributed by atoms with van der Waals surface area (Å²) in [7, 11) is 0. The summed E-state index contributed by atoms with van der Waals surface area (Å²) in [5, 5.41) is 8.34. The third-order valence-electron chi connectivity index (χ3n) is 4.56. The summed E-state index contributed by atoms with van der Waals surface area (Å²) < 4.78 is 50.4. The third kappa shape index (κ3) is 5.09. The Morgan fingerprint density at radius 1 is 1.13 bits per heavy atom. The largest absolute Gasteiger partial charge is 0.416 e. The molecular weight excluding hydrogens is 306 g/mol. The fourth-order valence-corrected chi connectivity index (χ4v) is 3.22. The summed E-state index contributed by atoms with van der Waals surface area (Å²) in [6, 6.07) is 6.92. The van der Waals surface area contributed by atoms with Crippen LogP contribution < -0.4 is 0 Å². The Labute approximate surface area is 133 Å². The molecule has 0 radical (unpaired) electrons. The molecule has 2 rings (SSSR count).